The van der Waals surface area contributed by atoms with Crippen LogP contribution in [0, 0.1) is 5.82 Å². The predicted octanol–water partition coefficient (Wildman–Crippen LogP) is 5.87. The molecule has 0 saturated carbocycles. The molecule has 1 nitrogen and oxygen atoms in total. The molecule has 1 N–H and O–H groups in total. The van der Waals surface area contributed by atoms with E-state index >= 15 is 0 Å². The Balaban J connectivity index is 2.17. The van der Waals surface area contributed by atoms with Crippen molar-refractivity contribution in [1.29, 1.82) is 0 Å². The Hall–Kier alpha value is -1.27. The number of anilines is 1. The van der Waals surface area contributed by atoms with Crippen LogP contribution < -0.4 is 5.32 Å². The van der Waals surface area contributed by atoms with E-state index in [2.05, 4.69) is 21.2 Å². The predicted molar refractivity (Wildman–Crippen MR) is 77.9 cm³/mol. The largest absolute Gasteiger partial charge is 0.416 e. The Morgan fingerprint density at radius 2 is 1.81 bits per heavy atom. The lowest BCUT2D eigenvalue weighted by atomic mass is 10.1. The molecule has 0 saturated heterocycles. The van der Waals surface area contributed by atoms with Gasteiger partial charge in [-0.05, 0) is 51.8 Å². The second-order valence-corrected chi connectivity index (χ2v) is 5.56. The number of alkyl halides is 3. The number of rotatable bonds is 3. The third kappa shape index (κ3) is 4.11. The van der Waals surface area contributed by atoms with Crippen LogP contribution in [0.5, 0.6) is 0 Å². The zero-order valence-electron chi connectivity index (χ0n) is 10.4. The highest BCUT2D eigenvalue weighted by atomic mass is 79.9. The standard InChI is InChI=1S/C14H9BrClF4N/c15-10-3-1-8(5-11(10)16)7-21-13-6-9(14(18,19)20)2-4-12(13)17/h1-6,21H,7H2. The van der Waals surface area contributed by atoms with Gasteiger partial charge >= 0.3 is 6.18 Å². The van der Waals surface area contributed by atoms with Crippen molar-refractivity contribution in [3.63, 3.8) is 0 Å². The van der Waals surface area contributed by atoms with Crippen LogP contribution in [0.15, 0.2) is 40.9 Å². The van der Waals surface area contributed by atoms with Crippen molar-refractivity contribution in [1.82, 2.24) is 0 Å². The first-order valence-electron chi connectivity index (χ1n) is 5.82. The number of hydrogen-bond donors (Lipinski definition) is 1. The molecule has 2 aromatic rings. The van der Waals surface area contributed by atoms with Gasteiger partial charge in [-0.1, -0.05) is 17.7 Å². The number of halogens is 6. The molecule has 0 aromatic heterocycles. The molecule has 0 amide bonds. The maximum absolute atomic E-state index is 13.5. The summed E-state index contributed by atoms with van der Waals surface area (Å²) in [4.78, 5) is 0. The fourth-order valence-electron chi connectivity index (χ4n) is 1.68. The van der Waals surface area contributed by atoms with Crippen LogP contribution in [0.4, 0.5) is 23.2 Å². The molecule has 0 heterocycles. The second-order valence-electron chi connectivity index (χ2n) is 4.29. The maximum Gasteiger partial charge on any atom is 0.416 e. The van der Waals surface area contributed by atoms with Crippen molar-refractivity contribution in [2.45, 2.75) is 12.7 Å². The Kier molecular flexibility index (Phi) is 4.78. The van der Waals surface area contributed by atoms with Gasteiger partial charge in [-0.25, -0.2) is 4.39 Å². The molecule has 2 aromatic carbocycles. The molecule has 0 bridgehead atoms. The molecule has 0 aliphatic heterocycles. The Labute approximate surface area is 132 Å². The molecule has 0 aliphatic rings. The molecular weight excluding hydrogens is 374 g/mol. The smallest absolute Gasteiger partial charge is 0.379 e. The lowest BCUT2D eigenvalue weighted by Crippen LogP contribution is -2.08. The summed E-state index contributed by atoms with van der Waals surface area (Å²) in [6, 6.07) is 7.33. The minimum atomic E-state index is -4.51. The molecule has 0 aliphatic carbocycles. The minimum absolute atomic E-state index is 0.158. The van der Waals surface area contributed by atoms with Crippen LogP contribution in [-0.2, 0) is 12.7 Å². The van der Waals surface area contributed by atoms with Gasteiger partial charge in [0, 0.05) is 11.0 Å². The Bertz CT molecular complexity index is 658. The van der Waals surface area contributed by atoms with Gasteiger partial charge in [0.15, 0.2) is 0 Å². The molecule has 0 unspecified atom stereocenters. The topological polar surface area (TPSA) is 12.0 Å². The fourth-order valence-corrected chi connectivity index (χ4v) is 2.13. The Morgan fingerprint density at radius 3 is 2.43 bits per heavy atom. The summed E-state index contributed by atoms with van der Waals surface area (Å²) in [5, 5.41) is 3.11. The van der Waals surface area contributed by atoms with E-state index in [4.69, 9.17) is 11.6 Å². The lowest BCUT2D eigenvalue weighted by Gasteiger charge is -2.12. The van der Waals surface area contributed by atoms with Gasteiger partial charge in [-0.2, -0.15) is 13.2 Å². The highest BCUT2D eigenvalue weighted by Gasteiger charge is 2.31. The molecule has 0 atom stereocenters. The maximum atomic E-state index is 13.5. The van der Waals surface area contributed by atoms with Crippen LogP contribution in [0.25, 0.3) is 0 Å². The van der Waals surface area contributed by atoms with Gasteiger partial charge in [0.2, 0.25) is 0 Å². The summed E-state index contributed by atoms with van der Waals surface area (Å²) in [6.45, 7) is 0.158. The van der Waals surface area contributed by atoms with E-state index in [-0.39, 0.29) is 12.2 Å². The van der Waals surface area contributed by atoms with E-state index in [0.29, 0.717) is 15.6 Å². The summed E-state index contributed by atoms with van der Waals surface area (Å²) in [5.41, 5.74) is -0.385. The summed E-state index contributed by atoms with van der Waals surface area (Å²) in [5.74, 6) is -0.744. The molecule has 112 valence electrons. The highest BCUT2D eigenvalue weighted by Crippen LogP contribution is 2.32. The van der Waals surface area contributed by atoms with Gasteiger partial charge in [-0.3, -0.25) is 0 Å². The normalized spacial score (nSPS) is 11.5. The molecule has 0 spiro atoms. The van der Waals surface area contributed by atoms with E-state index in [1.54, 1.807) is 18.2 Å². The van der Waals surface area contributed by atoms with Crippen molar-refractivity contribution in [2.24, 2.45) is 0 Å². The first kappa shape index (κ1) is 16.1. The zero-order chi connectivity index (χ0) is 15.6. The van der Waals surface area contributed by atoms with Crippen LogP contribution in [0.3, 0.4) is 0 Å². The van der Waals surface area contributed by atoms with Crippen molar-refractivity contribution in [2.75, 3.05) is 5.32 Å². The fraction of sp³-hybridized carbons (Fsp3) is 0.143. The van der Waals surface area contributed by atoms with E-state index in [0.717, 1.165) is 17.7 Å². The zero-order valence-corrected chi connectivity index (χ0v) is 12.8. The molecule has 7 heteroatoms. The molecular formula is C14H9BrClF4N. The second kappa shape index (κ2) is 6.23. The van der Waals surface area contributed by atoms with Gasteiger partial charge in [0.05, 0.1) is 16.3 Å². The first-order valence-corrected chi connectivity index (χ1v) is 6.99. The number of nitrogens with one attached hydrogen (secondary N) is 1. The van der Waals surface area contributed by atoms with Gasteiger partial charge in [-0.15, -0.1) is 0 Å². The van der Waals surface area contributed by atoms with E-state index < -0.39 is 17.6 Å². The quantitative estimate of drug-likeness (QED) is 0.654. The summed E-state index contributed by atoms with van der Waals surface area (Å²) in [6.07, 6.45) is -4.51. The minimum Gasteiger partial charge on any atom is -0.379 e. The summed E-state index contributed by atoms with van der Waals surface area (Å²) in [7, 11) is 0. The molecule has 0 fully saturated rings. The van der Waals surface area contributed by atoms with Crippen LogP contribution >= 0.6 is 27.5 Å². The number of hydrogen-bond acceptors (Lipinski definition) is 1. The van der Waals surface area contributed by atoms with E-state index in [1.807, 2.05) is 0 Å². The van der Waals surface area contributed by atoms with Crippen LogP contribution in [-0.4, -0.2) is 0 Å². The summed E-state index contributed by atoms with van der Waals surface area (Å²) < 4.78 is 52.0. The third-order valence-corrected chi connectivity index (χ3v) is 3.99. The average Bonchev–Trinajstić information content (AvgIpc) is 2.40. The van der Waals surface area contributed by atoms with Gasteiger partial charge in [0.1, 0.15) is 5.82 Å². The molecule has 2 rings (SSSR count). The lowest BCUT2D eigenvalue weighted by molar-refractivity contribution is -0.137. The molecule has 21 heavy (non-hydrogen) atoms. The van der Waals surface area contributed by atoms with Crippen molar-refractivity contribution < 1.29 is 17.6 Å². The molecule has 0 radical (unpaired) electrons. The first-order chi connectivity index (χ1) is 9.77. The third-order valence-electron chi connectivity index (χ3n) is 2.76. The summed E-state index contributed by atoms with van der Waals surface area (Å²) >= 11 is 9.15. The highest BCUT2D eigenvalue weighted by molar-refractivity contribution is 9.10. The number of benzene rings is 2. The SMILES string of the molecule is Fc1ccc(C(F)(F)F)cc1NCc1ccc(Br)c(Cl)c1. The van der Waals surface area contributed by atoms with E-state index in [9.17, 15) is 17.6 Å². The average molecular weight is 383 g/mol. The van der Waals surface area contributed by atoms with Gasteiger partial charge in [0.25, 0.3) is 0 Å². The van der Waals surface area contributed by atoms with Crippen molar-refractivity contribution in [3.05, 3.63) is 62.8 Å². The van der Waals surface area contributed by atoms with Crippen LogP contribution in [0.2, 0.25) is 5.02 Å². The monoisotopic (exact) mass is 381 g/mol. The van der Waals surface area contributed by atoms with Gasteiger partial charge < -0.3 is 5.32 Å². The van der Waals surface area contributed by atoms with Crippen molar-refractivity contribution in [3.8, 4) is 0 Å². The van der Waals surface area contributed by atoms with Crippen molar-refractivity contribution >= 4 is 33.2 Å². The van der Waals surface area contributed by atoms with E-state index in [1.165, 1.54) is 0 Å². The van der Waals surface area contributed by atoms with Crippen LogP contribution in [0.1, 0.15) is 11.1 Å². The Morgan fingerprint density at radius 1 is 1.10 bits per heavy atom.